The molecule has 0 radical (unpaired) electrons. The molecule has 0 N–H and O–H groups in total. The smallest absolute Gasteiger partial charge is 0.386 e. The summed E-state index contributed by atoms with van der Waals surface area (Å²) >= 11 is 0. The Kier molecular flexibility index (Phi) is 3.44. The molecule has 0 spiro atoms. The van der Waals surface area contributed by atoms with E-state index in [9.17, 15) is 13.2 Å². The molecular formula is C8H7F3N2O. The van der Waals surface area contributed by atoms with E-state index in [0.717, 1.165) is 0 Å². The van der Waals surface area contributed by atoms with Crippen molar-refractivity contribution in [2.75, 3.05) is 6.61 Å². The second-order valence-electron chi connectivity index (χ2n) is 2.41. The summed E-state index contributed by atoms with van der Waals surface area (Å²) in [6, 6.07) is 3.29. The molecule has 0 fully saturated rings. The lowest BCUT2D eigenvalue weighted by atomic mass is 10.3. The minimum Gasteiger partial charge on any atom is -0.386 e. The highest BCUT2D eigenvalue weighted by Crippen LogP contribution is 2.14. The highest BCUT2D eigenvalue weighted by Gasteiger charge is 2.28. The Morgan fingerprint density at radius 3 is 2.86 bits per heavy atom. The molecule has 0 amide bonds. The molecule has 1 aromatic heterocycles. The van der Waals surface area contributed by atoms with Crippen molar-refractivity contribution < 1.29 is 18.0 Å². The number of rotatable bonds is 3. The van der Waals surface area contributed by atoms with E-state index in [2.05, 4.69) is 15.0 Å². The van der Waals surface area contributed by atoms with Crippen molar-refractivity contribution in [3.05, 3.63) is 30.1 Å². The summed E-state index contributed by atoms with van der Waals surface area (Å²) in [6.07, 6.45) is -0.181. The second-order valence-corrected chi connectivity index (χ2v) is 2.41. The van der Waals surface area contributed by atoms with Crippen LogP contribution in [0.5, 0.6) is 0 Å². The number of pyridine rings is 1. The zero-order valence-corrected chi connectivity index (χ0v) is 7.03. The van der Waals surface area contributed by atoms with Gasteiger partial charge < -0.3 is 4.84 Å². The first-order valence-corrected chi connectivity index (χ1v) is 3.70. The van der Waals surface area contributed by atoms with E-state index in [1.165, 1.54) is 12.4 Å². The first kappa shape index (κ1) is 10.5. The lowest BCUT2D eigenvalue weighted by Crippen LogP contribution is -2.14. The molecule has 1 aromatic rings. The average molecular weight is 204 g/mol. The Hall–Kier alpha value is -1.59. The summed E-state index contributed by atoms with van der Waals surface area (Å²) in [4.78, 5) is 7.76. The van der Waals surface area contributed by atoms with Crippen LogP contribution in [-0.2, 0) is 4.84 Å². The average Bonchev–Trinajstić information content (AvgIpc) is 2.13. The van der Waals surface area contributed by atoms with Gasteiger partial charge in [0.25, 0.3) is 0 Å². The van der Waals surface area contributed by atoms with Crippen LogP contribution >= 0.6 is 0 Å². The molecule has 3 nitrogen and oxygen atoms in total. The van der Waals surface area contributed by atoms with E-state index >= 15 is 0 Å². The van der Waals surface area contributed by atoms with Crippen molar-refractivity contribution >= 4 is 6.21 Å². The molecule has 1 heterocycles. The summed E-state index contributed by atoms with van der Waals surface area (Å²) < 4.78 is 34.7. The van der Waals surface area contributed by atoms with Crippen LogP contribution in [0, 0.1) is 0 Å². The summed E-state index contributed by atoms with van der Waals surface area (Å²) in [5, 5.41) is 3.14. The number of alkyl halides is 3. The molecule has 14 heavy (non-hydrogen) atoms. The van der Waals surface area contributed by atoms with Crippen molar-refractivity contribution in [3.63, 3.8) is 0 Å². The maximum atomic E-state index is 11.6. The molecule has 0 aromatic carbocycles. The topological polar surface area (TPSA) is 34.5 Å². The van der Waals surface area contributed by atoms with Gasteiger partial charge in [0.05, 0.1) is 6.21 Å². The van der Waals surface area contributed by atoms with Crippen LogP contribution in [0.4, 0.5) is 13.2 Å². The molecule has 0 aliphatic rings. The van der Waals surface area contributed by atoms with Crippen LogP contribution in [0.2, 0.25) is 0 Å². The summed E-state index contributed by atoms with van der Waals surface area (Å²) in [6.45, 7) is -1.39. The standard InChI is InChI=1S/C8H7F3N2O/c9-8(10,11)6-14-13-5-7-2-1-3-12-4-7/h1-5H,6H2. The van der Waals surface area contributed by atoms with Gasteiger partial charge in [-0.05, 0) is 6.07 Å². The van der Waals surface area contributed by atoms with Crippen molar-refractivity contribution in [1.82, 2.24) is 4.98 Å². The lowest BCUT2D eigenvalue weighted by molar-refractivity contribution is -0.173. The van der Waals surface area contributed by atoms with Gasteiger partial charge in [0.2, 0.25) is 6.61 Å². The highest BCUT2D eigenvalue weighted by molar-refractivity contribution is 5.78. The number of halogens is 3. The van der Waals surface area contributed by atoms with Gasteiger partial charge in [-0.15, -0.1) is 0 Å². The molecule has 0 unspecified atom stereocenters. The molecule has 76 valence electrons. The first-order valence-electron chi connectivity index (χ1n) is 3.70. The third-order valence-corrected chi connectivity index (χ3v) is 1.19. The van der Waals surface area contributed by atoms with Gasteiger partial charge in [-0.3, -0.25) is 4.98 Å². The fourth-order valence-corrected chi connectivity index (χ4v) is 0.661. The number of nitrogens with zero attached hydrogens (tertiary/aromatic N) is 2. The van der Waals surface area contributed by atoms with Crippen LogP contribution in [0.15, 0.2) is 29.7 Å². The van der Waals surface area contributed by atoms with Crippen molar-refractivity contribution in [1.29, 1.82) is 0 Å². The quantitative estimate of drug-likeness (QED) is 0.557. The predicted molar refractivity (Wildman–Crippen MR) is 43.8 cm³/mol. The normalized spacial score (nSPS) is 11.9. The number of aromatic nitrogens is 1. The Bertz CT molecular complexity index is 297. The molecule has 0 aliphatic heterocycles. The summed E-state index contributed by atoms with van der Waals surface area (Å²) in [7, 11) is 0. The molecule has 6 heteroatoms. The second kappa shape index (κ2) is 4.59. The van der Waals surface area contributed by atoms with Crippen LogP contribution in [-0.4, -0.2) is 24.0 Å². The largest absolute Gasteiger partial charge is 0.425 e. The molecular weight excluding hydrogens is 197 g/mol. The number of oxime groups is 1. The summed E-state index contributed by atoms with van der Waals surface area (Å²) in [5.41, 5.74) is 0.578. The SMILES string of the molecule is FC(F)(F)CON=Cc1cccnc1. The number of hydrogen-bond donors (Lipinski definition) is 0. The molecule has 1 rings (SSSR count). The molecule has 0 saturated heterocycles. The van der Waals surface area contributed by atoms with Crippen LogP contribution < -0.4 is 0 Å². The van der Waals surface area contributed by atoms with Gasteiger partial charge >= 0.3 is 6.18 Å². The number of hydrogen-bond acceptors (Lipinski definition) is 3. The highest BCUT2D eigenvalue weighted by atomic mass is 19.4. The van der Waals surface area contributed by atoms with Crippen molar-refractivity contribution in [2.24, 2.45) is 5.16 Å². The van der Waals surface area contributed by atoms with Crippen molar-refractivity contribution in [2.45, 2.75) is 6.18 Å². The van der Waals surface area contributed by atoms with Gasteiger partial charge in [-0.1, -0.05) is 11.2 Å². The molecule has 0 atom stereocenters. The van der Waals surface area contributed by atoms with E-state index in [-0.39, 0.29) is 0 Å². The fourth-order valence-electron chi connectivity index (χ4n) is 0.661. The Labute approximate surface area is 78.2 Å². The van der Waals surface area contributed by atoms with Gasteiger partial charge in [0, 0.05) is 18.0 Å². The van der Waals surface area contributed by atoms with E-state index in [0.29, 0.717) is 5.56 Å². The van der Waals surface area contributed by atoms with Crippen LogP contribution in [0.25, 0.3) is 0 Å². The molecule has 0 saturated carbocycles. The predicted octanol–water partition coefficient (Wildman–Crippen LogP) is 1.99. The third-order valence-electron chi connectivity index (χ3n) is 1.19. The zero-order valence-electron chi connectivity index (χ0n) is 7.03. The fraction of sp³-hybridized carbons (Fsp3) is 0.250. The molecule has 0 bridgehead atoms. The van der Waals surface area contributed by atoms with E-state index in [1.54, 1.807) is 18.3 Å². The van der Waals surface area contributed by atoms with Gasteiger partial charge in [0.15, 0.2) is 0 Å². The van der Waals surface area contributed by atoms with E-state index < -0.39 is 12.8 Å². The van der Waals surface area contributed by atoms with Crippen LogP contribution in [0.3, 0.4) is 0 Å². The van der Waals surface area contributed by atoms with Gasteiger partial charge in [-0.2, -0.15) is 13.2 Å². The minimum absolute atomic E-state index is 0.578. The van der Waals surface area contributed by atoms with E-state index in [1.807, 2.05) is 0 Å². The lowest BCUT2D eigenvalue weighted by Gasteiger charge is -2.02. The maximum absolute atomic E-state index is 11.6. The van der Waals surface area contributed by atoms with E-state index in [4.69, 9.17) is 0 Å². The van der Waals surface area contributed by atoms with Gasteiger partial charge in [-0.25, -0.2) is 0 Å². The Balaban J connectivity index is 2.35. The third kappa shape index (κ3) is 4.44. The Morgan fingerprint density at radius 2 is 2.29 bits per heavy atom. The monoisotopic (exact) mass is 204 g/mol. The first-order chi connectivity index (χ1) is 6.58. The Morgan fingerprint density at radius 1 is 1.50 bits per heavy atom. The summed E-state index contributed by atoms with van der Waals surface area (Å²) in [5.74, 6) is 0. The maximum Gasteiger partial charge on any atom is 0.425 e. The van der Waals surface area contributed by atoms with Crippen molar-refractivity contribution in [3.8, 4) is 0 Å². The van der Waals surface area contributed by atoms with Gasteiger partial charge in [0.1, 0.15) is 0 Å². The molecule has 0 aliphatic carbocycles. The van der Waals surface area contributed by atoms with Crippen LogP contribution in [0.1, 0.15) is 5.56 Å². The zero-order chi connectivity index (χ0) is 10.4. The minimum atomic E-state index is -4.35.